The highest BCUT2D eigenvalue weighted by Gasteiger charge is 2.14. The van der Waals surface area contributed by atoms with Crippen LogP contribution in [0.2, 0.25) is 5.02 Å². The van der Waals surface area contributed by atoms with E-state index in [1.54, 1.807) is 38.3 Å². The van der Waals surface area contributed by atoms with Crippen molar-refractivity contribution < 1.29 is 19.2 Å². The molecule has 0 fully saturated rings. The highest BCUT2D eigenvalue weighted by atomic mass is 35.5. The molecule has 0 aliphatic rings. The summed E-state index contributed by atoms with van der Waals surface area (Å²) in [6, 6.07) is 10.8. The molecule has 29 heavy (non-hydrogen) atoms. The average Bonchev–Trinajstić information content (AvgIpc) is 3.00. The fourth-order valence-electron chi connectivity index (χ4n) is 2.52. The molecule has 0 unspecified atom stereocenters. The van der Waals surface area contributed by atoms with E-state index < -0.39 is 10.8 Å². The van der Waals surface area contributed by atoms with Crippen LogP contribution in [0.5, 0.6) is 17.2 Å². The molecule has 0 aliphatic carbocycles. The van der Waals surface area contributed by atoms with Gasteiger partial charge in [-0.25, -0.2) is 0 Å². The van der Waals surface area contributed by atoms with Gasteiger partial charge in [-0.2, -0.15) is 5.10 Å². The van der Waals surface area contributed by atoms with E-state index in [0.29, 0.717) is 22.2 Å². The van der Waals surface area contributed by atoms with Crippen LogP contribution < -0.4 is 14.8 Å². The van der Waals surface area contributed by atoms with Crippen LogP contribution in [0.1, 0.15) is 5.69 Å². The van der Waals surface area contributed by atoms with Crippen LogP contribution >= 0.6 is 11.6 Å². The van der Waals surface area contributed by atoms with Crippen molar-refractivity contribution >= 4 is 28.9 Å². The topological polar surface area (TPSA) is 109 Å². The first kappa shape index (κ1) is 20.2. The lowest BCUT2D eigenvalue weighted by molar-refractivity contribution is -0.384. The standard InChI is InChI=1S/C19H17ClN4O5/c1-12-18(20)10-21-23(12)11-19(25)22-13-7-14(24(26)27)9-17(8-13)29-16-5-3-15(28-2)4-6-16/h3-10H,11H2,1-2H3,(H,22,25). The van der Waals surface area contributed by atoms with E-state index in [1.807, 2.05) is 0 Å². The van der Waals surface area contributed by atoms with Crippen molar-refractivity contribution in [1.29, 1.82) is 0 Å². The molecule has 1 N–H and O–H groups in total. The third-order valence-corrected chi connectivity index (χ3v) is 4.39. The Bertz CT molecular complexity index is 1050. The molecule has 0 spiro atoms. The van der Waals surface area contributed by atoms with Gasteiger partial charge in [0.05, 0.1) is 40.7 Å². The van der Waals surface area contributed by atoms with Gasteiger partial charge in [-0.05, 0) is 31.2 Å². The first-order valence-corrected chi connectivity index (χ1v) is 8.82. The molecule has 0 saturated carbocycles. The summed E-state index contributed by atoms with van der Waals surface area (Å²) in [5.74, 6) is 0.908. The molecular weight excluding hydrogens is 400 g/mol. The third-order valence-electron chi connectivity index (χ3n) is 4.02. The van der Waals surface area contributed by atoms with Gasteiger partial charge in [0.2, 0.25) is 5.91 Å². The smallest absolute Gasteiger partial charge is 0.275 e. The van der Waals surface area contributed by atoms with E-state index in [-0.39, 0.29) is 23.7 Å². The summed E-state index contributed by atoms with van der Waals surface area (Å²) < 4.78 is 12.2. The number of carbonyl (C=O) groups is 1. The first-order valence-electron chi connectivity index (χ1n) is 8.45. The molecule has 1 heterocycles. The number of nitro groups is 1. The molecule has 2 aromatic carbocycles. The van der Waals surface area contributed by atoms with Gasteiger partial charge in [0, 0.05) is 12.1 Å². The summed E-state index contributed by atoms with van der Waals surface area (Å²) in [4.78, 5) is 23.0. The Morgan fingerprint density at radius 1 is 1.21 bits per heavy atom. The number of rotatable bonds is 7. The van der Waals surface area contributed by atoms with Crippen LogP contribution in [-0.2, 0) is 11.3 Å². The zero-order chi connectivity index (χ0) is 21.0. The van der Waals surface area contributed by atoms with Crippen LogP contribution in [-0.4, -0.2) is 27.7 Å². The van der Waals surface area contributed by atoms with Crippen LogP contribution in [0, 0.1) is 17.0 Å². The number of halogens is 1. The molecule has 1 amide bonds. The van der Waals surface area contributed by atoms with Crippen molar-refractivity contribution in [2.75, 3.05) is 12.4 Å². The van der Waals surface area contributed by atoms with Gasteiger partial charge in [-0.1, -0.05) is 11.6 Å². The number of amides is 1. The number of aromatic nitrogens is 2. The number of methoxy groups -OCH3 is 1. The molecule has 150 valence electrons. The summed E-state index contributed by atoms with van der Waals surface area (Å²) >= 11 is 5.93. The number of carbonyl (C=O) groups excluding carboxylic acids is 1. The van der Waals surface area contributed by atoms with E-state index >= 15 is 0 Å². The van der Waals surface area contributed by atoms with Crippen molar-refractivity contribution in [1.82, 2.24) is 9.78 Å². The number of anilines is 1. The lowest BCUT2D eigenvalue weighted by Crippen LogP contribution is -2.20. The number of benzene rings is 2. The summed E-state index contributed by atoms with van der Waals surface area (Å²) in [5.41, 5.74) is 0.651. The summed E-state index contributed by atoms with van der Waals surface area (Å²) in [6.07, 6.45) is 1.44. The number of hydrogen-bond donors (Lipinski definition) is 1. The minimum atomic E-state index is -0.562. The third kappa shape index (κ3) is 5.02. The maximum absolute atomic E-state index is 12.3. The second-order valence-electron chi connectivity index (χ2n) is 6.03. The van der Waals surface area contributed by atoms with Crippen LogP contribution in [0.25, 0.3) is 0 Å². The number of nitro benzene ring substituents is 1. The van der Waals surface area contributed by atoms with E-state index in [2.05, 4.69) is 10.4 Å². The highest BCUT2D eigenvalue weighted by Crippen LogP contribution is 2.30. The van der Waals surface area contributed by atoms with Crippen molar-refractivity contribution in [2.45, 2.75) is 13.5 Å². The molecule has 9 nitrogen and oxygen atoms in total. The summed E-state index contributed by atoms with van der Waals surface area (Å²) in [5, 5.41) is 18.3. The van der Waals surface area contributed by atoms with E-state index in [4.69, 9.17) is 21.1 Å². The minimum Gasteiger partial charge on any atom is -0.497 e. The Morgan fingerprint density at radius 2 is 1.90 bits per heavy atom. The van der Waals surface area contributed by atoms with E-state index in [0.717, 1.165) is 0 Å². The van der Waals surface area contributed by atoms with E-state index in [1.165, 1.54) is 29.1 Å². The van der Waals surface area contributed by atoms with Crippen molar-refractivity contribution in [3.63, 3.8) is 0 Å². The largest absolute Gasteiger partial charge is 0.497 e. The average molecular weight is 417 g/mol. The monoisotopic (exact) mass is 416 g/mol. The van der Waals surface area contributed by atoms with Crippen LogP contribution in [0.3, 0.4) is 0 Å². The predicted molar refractivity (Wildman–Crippen MR) is 107 cm³/mol. The van der Waals surface area contributed by atoms with Gasteiger partial charge < -0.3 is 14.8 Å². The lowest BCUT2D eigenvalue weighted by atomic mass is 10.2. The predicted octanol–water partition coefficient (Wildman–Crippen LogP) is 4.19. The van der Waals surface area contributed by atoms with Crippen molar-refractivity contribution in [3.8, 4) is 17.2 Å². The van der Waals surface area contributed by atoms with Gasteiger partial charge in [-0.3, -0.25) is 19.6 Å². The molecule has 3 aromatic rings. The zero-order valence-corrected chi connectivity index (χ0v) is 16.3. The Labute approximate surface area is 171 Å². The van der Waals surface area contributed by atoms with Crippen LogP contribution in [0.15, 0.2) is 48.7 Å². The number of nitrogens with zero attached hydrogens (tertiary/aromatic N) is 3. The molecule has 0 radical (unpaired) electrons. The maximum atomic E-state index is 12.3. The van der Waals surface area contributed by atoms with Gasteiger partial charge in [0.15, 0.2) is 0 Å². The van der Waals surface area contributed by atoms with Crippen molar-refractivity contribution in [3.05, 3.63) is 69.5 Å². The Hall–Kier alpha value is -3.59. The lowest BCUT2D eigenvalue weighted by Gasteiger charge is -2.10. The number of ether oxygens (including phenoxy) is 2. The molecule has 1 aromatic heterocycles. The fraction of sp³-hybridized carbons (Fsp3) is 0.158. The Morgan fingerprint density at radius 3 is 2.48 bits per heavy atom. The molecule has 3 rings (SSSR count). The van der Waals surface area contributed by atoms with Gasteiger partial charge >= 0.3 is 0 Å². The highest BCUT2D eigenvalue weighted by molar-refractivity contribution is 6.31. The van der Waals surface area contributed by atoms with Gasteiger partial charge in [-0.15, -0.1) is 0 Å². The van der Waals surface area contributed by atoms with Crippen LogP contribution in [0.4, 0.5) is 11.4 Å². The van der Waals surface area contributed by atoms with E-state index in [9.17, 15) is 14.9 Å². The van der Waals surface area contributed by atoms with Gasteiger partial charge in [0.25, 0.3) is 5.69 Å². The number of hydrogen-bond acceptors (Lipinski definition) is 6. The number of non-ortho nitro benzene ring substituents is 1. The molecule has 0 atom stereocenters. The second-order valence-corrected chi connectivity index (χ2v) is 6.44. The molecule has 0 saturated heterocycles. The van der Waals surface area contributed by atoms with Crippen molar-refractivity contribution in [2.24, 2.45) is 0 Å². The first-order chi connectivity index (χ1) is 13.9. The molecular formula is C19H17ClN4O5. The summed E-state index contributed by atoms with van der Waals surface area (Å²) in [7, 11) is 1.55. The van der Waals surface area contributed by atoms with Gasteiger partial charge in [0.1, 0.15) is 23.8 Å². The Balaban J connectivity index is 1.79. The molecule has 0 aliphatic heterocycles. The molecule has 0 bridgehead atoms. The maximum Gasteiger partial charge on any atom is 0.275 e. The minimum absolute atomic E-state index is 0.0874. The Kier molecular flexibility index (Phi) is 5.99. The quantitative estimate of drug-likeness (QED) is 0.457. The zero-order valence-electron chi connectivity index (χ0n) is 15.6. The second kappa shape index (κ2) is 8.61. The SMILES string of the molecule is COc1ccc(Oc2cc(NC(=O)Cn3ncc(Cl)c3C)cc([N+](=O)[O-])c2)cc1. The fourth-order valence-corrected chi connectivity index (χ4v) is 2.66. The number of nitrogens with one attached hydrogen (secondary N) is 1. The normalized spacial score (nSPS) is 10.4. The summed E-state index contributed by atoms with van der Waals surface area (Å²) in [6.45, 7) is 1.65. The molecule has 10 heteroatoms.